The summed E-state index contributed by atoms with van der Waals surface area (Å²) in [6.07, 6.45) is 0. The van der Waals surface area contributed by atoms with Gasteiger partial charge < -0.3 is 24.8 Å². The lowest BCUT2D eigenvalue weighted by Gasteiger charge is -2.26. The predicted octanol–water partition coefficient (Wildman–Crippen LogP) is 1.88. The minimum atomic E-state index is -0.104. The molecule has 3 rings (SSSR count). The van der Waals surface area contributed by atoms with Gasteiger partial charge in [0.2, 0.25) is 0 Å². The first kappa shape index (κ1) is 20.8. The SMILES string of the molecule is COc1ccc2[nH]c(=O)c(CN(CC[NH+](C)C)C(=S)Nc3ccccc3)cc2c1. The first-order valence-electron chi connectivity index (χ1n) is 9.56. The van der Waals surface area contributed by atoms with Crippen molar-refractivity contribution in [2.75, 3.05) is 39.6 Å². The Morgan fingerprint density at radius 1 is 1.17 bits per heavy atom. The minimum Gasteiger partial charge on any atom is -0.497 e. The molecule has 2 aromatic carbocycles. The molecule has 6 nitrogen and oxygen atoms in total. The van der Waals surface area contributed by atoms with Crippen LogP contribution in [0, 0.1) is 0 Å². The van der Waals surface area contributed by atoms with Crippen LogP contribution in [0.1, 0.15) is 5.56 Å². The fourth-order valence-corrected chi connectivity index (χ4v) is 3.29. The van der Waals surface area contributed by atoms with Gasteiger partial charge in [-0.15, -0.1) is 0 Å². The average molecular weight is 412 g/mol. The zero-order chi connectivity index (χ0) is 20.8. The number of para-hydroxylation sites is 1. The average Bonchev–Trinajstić information content (AvgIpc) is 2.71. The lowest BCUT2D eigenvalue weighted by Crippen LogP contribution is -3.06. The lowest BCUT2D eigenvalue weighted by atomic mass is 10.1. The van der Waals surface area contributed by atoms with E-state index in [-0.39, 0.29) is 5.56 Å². The van der Waals surface area contributed by atoms with Gasteiger partial charge in [0.15, 0.2) is 5.11 Å². The van der Waals surface area contributed by atoms with Crippen molar-refractivity contribution in [1.82, 2.24) is 9.88 Å². The summed E-state index contributed by atoms with van der Waals surface area (Å²) >= 11 is 5.66. The van der Waals surface area contributed by atoms with Crippen LogP contribution in [0.4, 0.5) is 5.69 Å². The summed E-state index contributed by atoms with van der Waals surface area (Å²) in [6.45, 7) is 2.06. The van der Waals surface area contributed by atoms with Crippen molar-refractivity contribution in [3.8, 4) is 5.75 Å². The summed E-state index contributed by atoms with van der Waals surface area (Å²) in [5, 5.41) is 4.81. The molecule has 3 aromatic rings. The van der Waals surface area contributed by atoms with Crippen LogP contribution in [-0.2, 0) is 6.54 Å². The lowest BCUT2D eigenvalue weighted by molar-refractivity contribution is -0.857. The fourth-order valence-electron chi connectivity index (χ4n) is 3.01. The van der Waals surface area contributed by atoms with Crippen molar-refractivity contribution in [1.29, 1.82) is 0 Å². The number of rotatable bonds is 7. The highest BCUT2D eigenvalue weighted by atomic mass is 32.1. The Morgan fingerprint density at radius 3 is 2.62 bits per heavy atom. The molecule has 0 aliphatic heterocycles. The van der Waals surface area contributed by atoms with Crippen molar-refractivity contribution in [3.05, 3.63) is 70.5 Å². The van der Waals surface area contributed by atoms with Crippen LogP contribution in [0.15, 0.2) is 59.4 Å². The van der Waals surface area contributed by atoms with Crippen molar-refractivity contribution in [3.63, 3.8) is 0 Å². The van der Waals surface area contributed by atoms with Gasteiger partial charge in [-0.2, -0.15) is 0 Å². The molecule has 0 unspecified atom stereocenters. The van der Waals surface area contributed by atoms with Gasteiger partial charge in [-0.05, 0) is 48.6 Å². The van der Waals surface area contributed by atoms with Gasteiger partial charge in [0.25, 0.3) is 5.56 Å². The van der Waals surface area contributed by atoms with E-state index in [0.717, 1.165) is 35.4 Å². The van der Waals surface area contributed by atoms with Crippen LogP contribution in [0.25, 0.3) is 10.9 Å². The predicted molar refractivity (Wildman–Crippen MR) is 122 cm³/mol. The third-order valence-electron chi connectivity index (χ3n) is 4.68. The molecule has 0 atom stereocenters. The molecule has 0 bridgehead atoms. The van der Waals surface area contributed by atoms with E-state index in [1.165, 1.54) is 4.90 Å². The minimum absolute atomic E-state index is 0.104. The number of anilines is 1. The molecular formula is C22H27N4O2S+. The standard InChI is InChI=1S/C22H26N4O2S/c1-25(2)11-12-26(22(29)23-18-7-5-4-6-8-18)15-17-13-16-14-19(28-3)9-10-20(16)24-21(17)27/h4-10,13-14H,11-12,15H2,1-3H3,(H,23,29)(H,24,27)/p+1. The Bertz CT molecular complexity index is 1030. The van der Waals surface area contributed by atoms with Gasteiger partial charge in [0, 0.05) is 22.2 Å². The van der Waals surface area contributed by atoms with E-state index in [9.17, 15) is 4.79 Å². The van der Waals surface area contributed by atoms with Gasteiger partial charge in [-0.1, -0.05) is 18.2 Å². The second-order valence-corrected chi connectivity index (χ2v) is 7.64. The molecule has 29 heavy (non-hydrogen) atoms. The van der Waals surface area contributed by atoms with Gasteiger partial charge in [-0.25, -0.2) is 0 Å². The number of ether oxygens (including phenoxy) is 1. The highest BCUT2D eigenvalue weighted by molar-refractivity contribution is 7.80. The number of fused-ring (bicyclic) bond motifs is 1. The zero-order valence-corrected chi connectivity index (χ0v) is 17.8. The monoisotopic (exact) mass is 411 g/mol. The van der Waals surface area contributed by atoms with Gasteiger partial charge in [0.05, 0.1) is 40.8 Å². The van der Waals surface area contributed by atoms with Crippen molar-refractivity contribution in [2.24, 2.45) is 0 Å². The normalized spacial score (nSPS) is 10.9. The molecule has 0 fully saturated rings. The number of pyridine rings is 1. The summed E-state index contributed by atoms with van der Waals surface area (Å²) < 4.78 is 5.31. The highest BCUT2D eigenvalue weighted by Gasteiger charge is 2.15. The molecule has 0 radical (unpaired) electrons. The summed E-state index contributed by atoms with van der Waals surface area (Å²) in [5.41, 5.74) is 2.27. The number of quaternary nitrogens is 1. The second kappa shape index (κ2) is 9.54. The van der Waals surface area contributed by atoms with E-state index < -0.39 is 0 Å². The highest BCUT2D eigenvalue weighted by Crippen LogP contribution is 2.19. The van der Waals surface area contributed by atoms with Crippen LogP contribution in [-0.4, -0.2) is 49.3 Å². The van der Waals surface area contributed by atoms with Crippen LogP contribution >= 0.6 is 12.2 Å². The Hall–Kier alpha value is -2.90. The Balaban J connectivity index is 1.86. The molecule has 0 aliphatic rings. The molecule has 0 amide bonds. The summed E-state index contributed by atoms with van der Waals surface area (Å²) in [6, 6.07) is 17.3. The number of methoxy groups -OCH3 is 1. The zero-order valence-electron chi connectivity index (χ0n) is 17.0. The molecule has 152 valence electrons. The van der Waals surface area contributed by atoms with Crippen molar-refractivity contribution >= 4 is 33.9 Å². The molecule has 7 heteroatoms. The second-order valence-electron chi connectivity index (χ2n) is 7.25. The quantitative estimate of drug-likeness (QED) is 0.518. The van der Waals surface area contributed by atoms with E-state index in [4.69, 9.17) is 17.0 Å². The van der Waals surface area contributed by atoms with E-state index in [0.29, 0.717) is 17.2 Å². The summed E-state index contributed by atoms with van der Waals surface area (Å²) in [4.78, 5) is 19.0. The molecule has 3 N–H and O–H groups in total. The maximum Gasteiger partial charge on any atom is 0.253 e. The summed E-state index contributed by atoms with van der Waals surface area (Å²) in [5.74, 6) is 0.754. The van der Waals surface area contributed by atoms with E-state index >= 15 is 0 Å². The van der Waals surface area contributed by atoms with Crippen LogP contribution in [0.3, 0.4) is 0 Å². The molecule has 1 aromatic heterocycles. The number of benzene rings is 2. The van der Waals surface area contributed by atoms with Crippen LogP contribution < -0.4 is 20.5 Å². The van der Waals surface area contributed by atoms with Gasteiger partial charge in [0.1, 0.15) is 5.75 Å². The number of thiocarbonyl (C=S) groups is 1. The van der Waals surface area contributed by atoms with E-state index in [1.54, 1.807) is 7.11 Å². The number of nitrogens with zero attached hydrogens (tertiary/aromatic N) is 1. The molecule has 0 saturated heterocycles. The number of hydrogen-bond acceptors (Lipinski definition) is 3. The molecule has 0 saturated carbocycles. The van der Waals surface area contributed by atoms with Crippen molar-refractivity contribution < 1.29 is 9.64 Å². The summed E-state index contributed by atoms with van der Waals surface area (Å²) in [7, 11) is 5.83. The van der Waals surface area contributed by atoms with Crippen molar-refractivity contribution in [2.45, 2.75) is 6.54 Å². The third kappa shape index (κ3) is 5.56. The smallest absolute Gasteiger partial charge is 0.253 e. The number of hydrogen-bond donors (Lipinski definition) is 3. The maximum absolute atomic E-state index is 12.7. The number of nitrogens with one attached hydrogen (secondary N) is 3. The molecular weight excluding hydrogens is 384 g/mol. The number of aromatic nitrogens is 1. The topological polar surface area (TPSA) is 61.8 Å². The molecule has 0 spiro atoms. The van der Waals surface area contributed by atoms with E-state index in [2.05, 4.69) is 24.4 Å². The van der Waals surface area contributed by atoms with Crippen LogP contribution in [0.5, 0.6) is 5.75 Å². The number of likely N-dealkylation sites (N-methyl/N-ethyl adjacent to an activating group) is 1. The molecule has 0 aliphatic carbocycles. The van der Waals surface area contributed by atoms with Gasteiger partial charge in [-0.3, -0.25) is 4.79 Å². The Kier molecular flexibility index (Phi) is 6.85. The number of aromatic amines is 1. The van der Waals surface area contributed by atoms with Crippen LogP contribution in [0.2, 0.25) is 0 Å². The Morgan fingerprint density at radius 2 is 1.93 bits per heavy atom. The first-order chi connectivity index (χ1) is 14.0. The molecule has 1 heterocycles. The fraction of sp³-hybridized carbons (Fsp3) is 0.273. The number of H-pyrrole nitrogens is 1. The van der Waals surface area contributed by atoms with E-state index in [1.807, 2.05) is 59.5 Å². The Labute approximate surface area is 176 Å². The third-order valence-corrected chi connectivity index (χ3v) is 5.04. The largest absolute Gasteiger partial charge is 0.497 e. The first-order valence-corrected chi connectivity index (χ1v) is 9.97. The van der Waals surface area contributed by atoms with Gasteiger partial charge >= 0.3 is 0 Å². The maximum atomic E-state index is 12.7.